The number of benzene rings is 2. The summed E-state index contributed by atoms with van der Waals surface area (Å²) in [5.74, 6) is -4.27. The number of amides is 2. The van der Waals surface area contributed by atoms with Crippen molar-refractivity contribution in [1.29, 1.82) is 0 Å². The third kappa shape index (κ3) is 7.57. The SMILES string of the molecule is CC1CN(c2cccc3c(C4CCC(=O)NC4=O)nn(C)c23)CCN1CC1CCN(c2ncc(Cl)c(Nc3cc4c5c(c(=O)n(C)c4cc3F)OCC(F)(F)C(C3CC3)N5)n2)CC1. The number of nitrogens with one attached hydrogen (secondary N) is 3. The van der Waals surface area contributed by atoms with Gasteiger partial charge < -0.3 is 29.7 Å². The third-order valence-corrected chi connectivity index (χ3v) is 13.9. The lowest BCUT2D eigenvalue weighted by Crippen LogP contribution is -2.54. The number of pyridine rings is 1. The van der Waals surface area contributed by atoms with Gasteiger partial charge in [0.15, 0.2) is 12.4 Å². The maximum atomic E-state index is 15.8. The highest BCUT2D eigenvalue weighted by Gasteiger charge is 2.51. The molecule has 332 valence electrons. The van der Waals surface area contributed by atoms with E-state index in [0.717, 1.165) is 68.7 Å². The van der Waals surface area contributed by atoms with Crippen LogP contribution in [0.1, 0.15) is 57.1 Å². The van der Waals surface area contributed by atoms with Gasteiger partial charge in [0.2, 0.25) is 23.5 Å². The fraction of sp³-hybridized carbons (Fsp3) is 0.500. The van der Waals surface area contributed by atoms with Gasteiger partial charge in [-0.05, 0) is 63.0 Å². The smallest absolute Gasteiger partial charge is 0.301 e. The van der Waals surface area contributed by atoms with Gasteiger partial charge in [0, 0.05) is 82.7 Å². The molecule has 63 heavy (non-hydrogen) atoms. The molecule has 15 nitrogen and oxygen atoms in total. The molecule has 0 radical (unpaired) electrons. The van der Waals surface area contributed by atoms with E-state index in [-0.39, 0.29) is 51.2 Å². The fourth-order valence-electron chi connectivity index (χ4n) is 9.98. The van der Waals surface area contributed by atoms with E-state index < -0.39 is 35.9 Å². The van der Waals surface area contributed by atoms with Crippen molar-refractivity contribution in [2.24, 2.45) is 25.9 Å². The summed E-state index contributed by atoms with van der Waals surface area (Å²) < 4.78 is 54.7. The van der Waals surface area contributed by atoms with Crippen molar-refractivity contribution < 1.29 is 27.5 Å². The molecule has 3 N–H and O–H groups in total. The minimum atomic E-state index is -3.21. The van der Waals surface area contributed by atoms with Crippen LogP contribution in [0, 0.1) is 17.7 Å². The van der Waals surface area contributed by atoms with E-state index in [9.17, 15) is 14.4 Å². The summed E-state index contributed by atoms with van der Waals surface area (Å²) in [7, 11) is 3.36. The van der Waals surface area contributed by atoms with Crippen LogP contribution in [0.15, 0.2) is 41.3 Å². The lowest BCUT2D eigenvalue weighted by Gasteiger charge is -2.43. The first kappa shape index (κ1) is 41.4. The van der Waals surface area contributed by atoms with Crippen molar-refractivity contribution in [2.75, 3.05) is 66.3 Å². The van der Waals surface area contributed by atoms with Crippen molar-refractivity contribution in [3.63, 3.8) is 0 Å². The summed E-state index contributed by atoms with van der Waals surface area (Å²) >= 11 is 6.58. The zero-order valence-corrected chi connectivity index (χ0v) is 36.0. The van der Waals surface area contributed by atoms with Crippen LogP contribution in [0.2, 0.25) is 5.02 Å². The van der Waals surface area contributed by atoms with E-state index >= 15 is 13.2 Å². The van der Waals surface area contributed by atoms with Gasteiger partial charge in [-0.3, -0.25) is 29.3 Å². The van der Waals surface area contributed by atoms with Gasteiger partial charge in [-0.1, -0.05) is 23.7 Å². The van der Waals surface area contributed by atoms with Crippen LogP contribution in [0.4, 0.5) is 42.0 Å². The average Bonchev–Trinajstić information content (AvgIpc) is 4.06. The molecule has 5 aromatic rings. The molecule has 7 heterocycles. The number of halogens is 4. The van der Waals surface area contributed by atoms with Crippen LogP contribution in [-0.2, 0) is 23.7 Å². The topological polar surface area (TPSA) is 155 Å². The molecule has 4 fully saturated rings. The van der Waals surface area contributed by atoms with Crippen LogP contribution >= 0.6 is 11.6 Å². The summed E-state index contributed by atoms with van der Waals surface area (Å²) in [4.78, 5) is 54.1. The molecule has 0 bridgehead atoms. The molecule has 0 spiro atoms. The van der Waals surface area contributed by atoms with Crippen LogP contribution in [0.3, 0.4) is 0 Å². The zero-order chi connectivity index (χ0) is 43.9. The minimum Gasteiger partial charge on any atom is -0.480 e. The molecule has 19 heteroatoms. The Morgan fingerprint density at radius 1 is 1.00 bits per heavy atom. The van der Waals surface area contributed by atoms with Gasteiger partial charge in [0.1, 0.15) is 10.8 Å². The Kier molecular flexibility index (Phi) is 10.4. The minimum absolute atomic E-state index is 0.00224. The maximum Gasteiger partial charge on any atom is 0.301 e. The van der Waals surface area contributed by atoms with Crippen LogP contribution in [0.5, 0.6) is 5.75 Å². The monoisotopic (exact) mass is 887 g/mol. The van der Waals surface area contributed by atoms with Crippen molar-refractivity contribution in [2.45, 2.75) is 69.4 Å². The van der Waals surface area contributed by atoms with Crippen LogP contribution in [-0.4, -0.2) is 105 Å². The second kappa shape index (κ2) is 15.9. The lowest BCUT2D eigenvalue weighted by atomic mass is 9.92. The molecule has 3 aromatic heterocycles. The number of hydrogen-bond acceptors (Lipinski definition) is 12. The molecular weight excluding hydrogens is 839 g/mol. The predicted octanol–water partition coefficient (Wildman–Crippen LogP) is 5.92. The van der Waals surface area contributed by atoms with Gasteiger partial charge in [-0.25, -0.2) is 18.2 Å². The molecule has 1 saturated carbocycles. The molecule has 3 unspecified atom stereocenters. The van der Waals surface area contributed by atoms with E-state index in [4.69, 9.17) is 26.4 Å². The lowest BCUT2D eigenvalue weighted by molar-refractivity contribution is -0.134. The van der Waals surface area contributed by atoms with E-state index in [1.807, 2.05) is 23.9 Å². The molecule has 2 amide bonds. The number of para-hydroxylation sites is 1. The number of hydrogen-bond donors (Lipinski definition) is 3. The van der Waals surface area contributed by atoms with Gasteiger partial charge >= 0.3 is 5.92 Å². The Bertz CT molecular complexity index is 2720. The Morgan fingerprint density at radius 2 is 1.79 bits per heavy atom. The summed E-state index contributed by atoms with van der Waals surface area (Å²) in [6, 6.07) is 7.88. The van der Waals surface area contributed by atoms with E-state index in [0.29, 0.717) is 54.7 Å². The fourth-order valence-corrected chi connectivity index (χ4v) is 10.1. The second-order valence-electron chi connectivity index (χ2n) is 17.8. The highest BCUT2D eigenvalue weighted by atomic mass is 35.5. The number of alkyl halides is 2. The van der Waals surface area contributed by atoms with Gasteiger partial charge in [0.25, 0.3) is 5.56 Å². The Morgan fingerprint density at radius 3 is 2.54 bits per heavy atom. The number of nitrogens with zero attached hydrogens (tertiary/aromatic N) is 8. The first-order valence-corrected chi connectivity index (χ1v) is 22.1. The normalized spacial score (nSPS) is 23.3. The van der Waals surface area contributed by atoms with E-state index in [2.05, 4.69) is 48.6 Å². The number of rotatable bonds is 8. The number of aryl methyl sites for hydroxylation is 2. The van der Waals surface area contributed by atoms with Crippen LogP contribution in [0.25, 0.3) is 21.8 Å². The number of ether oxygens (including phenoxy) is 1. The third-order valence-electron chi connectivity index (χ3n) is 13.6. The Hall–Kier alpha value is -5.62. The number of imide groups is 1. The summed E-state index contributed by atoms with van der Waals surface area (Å²) in [6.45, 7) is 6.31. The van der Waals surface area contributed by atoms with E-state index in [1.165, 1.54) is 29.9 Å². The van der Waals surface area contributed by atoms with Gasteiger partial charge in [-0.2, -0.15) is 10.1 Å². The summed E-state index contributed by atoms with van der Waals surface area (Å²) in [6.07, 6.45) is 5.37. The quantitative estimate of drug-likeness (QED) is 0.159. The van der Waals surface area contributed by atoms with E-state index in [1.54, 1.807) is 0 Å². The average molecular weight is 888 g/mol. The van der Waals surface area contributed by atoms with Crippen molar-refractivity contribution in [1.82, 2.24) is 34.5 Å². The number of carbonyl (C=O) groups excluding carboxylic acids is 2. The predicted molar refractivity (Wildman–Crippen MR) is 234 cm³/mol. The van der Waals surface area contributed by atoms with Crippen LogP contribution < -0.4 is 36.0 Å². The highest BCUT2D eigenvalue weighted by molar-refractivity contribution is 6.33. The molecule has 3 atom stereocenters. The number of fused-ring (bicyclic) bond motifs is 4. The van der Waals surface area contributed by atoms with Crippen molar-refractivity contribution >= 4 is 74.0 Å². The molecule has 4 aliphatic heterocycles. The zero-order valence-electron chi connectivity index (χ0n) is 35.3. The highest BCUT2D eigenvalue weighted by Crippen LogP contribution is 2.46. The molecular formula is C44H49ClF3N11O4. The summed E-state index contributed by atoms with van der Waals surface area (Å²) in [5, 5.41) is 14.7. The summed E-state index contributed by atoms with van der Waals surface area (Å²) in [5.41, 5.74) is 2.48. The number of piperidine rings is 2. The largest absolute Gasteiger partial charge is 0.480 e. The standard InChI is InChI=1S/C44H49ClF3N11O4/c1-23-20-59(32-6-4-5-26-35(54-56(3)37(26)32)27-9-10-34(60)51-41(27)61)16-15-58(23)21-24-11-13-57(14-12-24)43-49-19-29(45)40(53-43)50-31-17-28-33(18-30(31)46)55(2)42(62)38-36(28)52-39(25-7-8-25)44(47,48)22-63-38/h4-6,17-19,23-25,27,39,52H,7-16,20-22H2,1-3H3,(H,49,50,53)(H,51,60,61). The molecule has 5 aliphatic rings. The number of carbonyl (C=O) groups is 2. The van der Waals surface area contributed by atoms with Crippen molar-refractivity contribution in [3.8, 4) is 5.75 Å². The molecule has 10 rings (SSSR count). The van der Waals surface area contributed by atoms with Crippen molar-refractivity contribution in [3.05, 3.63) is 63.4 Å². The first-order valence-electron chi connectivity index (χ1n) is 21.7. The van der Waals surface area contributed by atoms with Gasteiger partial charge in [0.05, 0.1) is 51.9 Å². The Labute approximate surface area is 365 Å². The maximum absolute atomic E-state index is 15.8. The Balaban J connectivity index is 0.799. The molecule has 1 aliphatic carbocycles. The first-order chi connectivity index (χ1) is 30.2. The van der Waals surface area contributed by atoms with Gasteiger partial charge in [-0.15, -0.1) is 0 Å². The number of anilines is 5. The molecule has 2 aromatic carbocycles. The second-order valence-corrected chi connectivity index (χ2v) is 18.2. The number of aromatic nitrogens is 5. The number of piperazine rings is 1. The molecule has 3 saturated heterocycles.